The van der Waals surface area contributed by atoms with Crippen molar-refractivity contribution >= 4 is 33.2 Å². The molecule has 5 nitrogen and oxygen atoms in total. The van der Waals surface area contributed by atoms with Crippen molar-refractivity contribution in [2.75, 3.05) is 26.3 Å². The fourth-order valence-corrected chi connectivity index (χ4v) is 3.82. The van der Waals surface area contributed by atoms with Crippen LogP contribution in [0.2, 0.25) is 10.0 Å². The highest BCUT2D eigenvalue weighted by atomic mass is 35.5. The van der Waals surface area contributed by atoms with E-state index < -0.39 is 15.8 Å². The summed E-state index contributed by atoms with van der Waals surface area (Å²) >= 11 is 11.5. The minimum atomic E-state index is -3.80. The maximum Gasteiger partial charge on any atom is 0.247 e. The van der Waals surface area contributed by atoms with E-state index in [9.17, 15) is 13.5 Å². The summed E-state index contributed by atoms with van der Waals surface area (Å²) in [5.74, 6) is -0.479. The number of nitrogens with zero attached hydrogens (tertiary/aromatic N) is 1. The largest absolute Gasteiger partial charge is 0.505 e. The predicted octanol–water partition coefficient (Wildman–Crippen LogP) is 1.72. The Labute approximate surface area is 115 Å². The quantitative estimate of drug-likeness (QED) is 0.903. The van der Waals surface area contributed by atoms with Gasteiger partial charge in [0.25, 0.3) is 0 Å². The smallest absolute Gasteiger partial charge is 0.247 e. The summed E-state index contributed by atoms with van der Waals surface area (Å²) in [5, 5.41) is 9.83. The molecule has 1 aliphatic heterocycles. The van der Waals surface area contributed by atoms with Gasteiger partial charge in [-0.1, -0.05) is 23.2 Å². The Morgan fingerprint density at radius 3 is 2.44 bits per heavy atom. The Bertz CT molecular complexity index is 555. The summed E-state index contributed by atoms with van der Waals surface area (Å²) in [6.45, 7) is 1.14. The fraction of sp³-hybridized carbons (Fsp3) is 0.400. The van der Waals surface area contributed by atoms with Crippen molar-refractivity contribution in [3.8, 4) is 5.75 Å². The normalized spacial score (nSPS) is 17.9. The van der Waals surface area contributed by atoms with E-state index in [1.54, 1.807) is 0 Å². The van der Waals surface area contributed by atoms with Crippen LogP contribution in [0.15, 0.2) is 17.0 Å². The lowest BCUT2D eigenvalue weighted by atomic mass is 10.3. The second-order valence-corrected chi connectivity index (χ2v) is 6.50. The fourth-order valence-electron chi connectivity index (χ4n) is 1.67. The third-order valence-corrected chi connectivity index (χ3v) is 5.00. The molecule has 2 rings (SSSR count). The number of phenols is 1. The second kappa shape index (κ2) is 5.22. The van der Waals surface area contributed by atoms with Crippen LogP contribution >= 0.6 is 23.2 Å². The van der Waals surface area contributed by atoms with Gasteiger partial charge in [-0.2, -0.15) is 4.31 Å². The molecule has 0 aromatic heterocycles. The van der Waals surface area contributed by atoms with Crippen molar-refractivity contribution in [1.29, 1.82) is 0 Å². The first-order valence-corrected chi connectivity index (χ1v) is 7.38. The number of sulfonamides is 1. The Hall–Kier alpha value is -0.530. The van der Waals surface area contributed by atoms with Crippen LogP contribution in [0.5, 0.6) is 5.75 Å². The number of benzene rings is 1. The van der Waals surface area contributed by atoms with Crippen LogP contribution < -0.4 is 0 Å². The first-order valence-electron chi connectivity index (χ1n) is 5.19. The summed E-state index contributed by atoms with van der Waals surface area (Å²) in [5.41, 5.74) is 0. The molecule has 1 aromatic carbocycles. The number of rotatable bonds is 2. The number of ether oxygens (including phenoxy) is 1. The molecular formula is C10H11Cl2NO4S. The molecular weight excluding hydrogens is 301 g/mol. The van der Waals surface area contributed by atoms with Crippen LogP contribution in [-0.2, 0) is 14.8 Å². The molecule has 1 aromatic rings. The number of phenolic OH excluding ortho intramolecular Hbond substituents is 1. The third kappa shape index (κ3) is 2.57. The molecule has 1 saturated heterocycles. The van der Waals surface area contributed by atoms with Gasteiger partial charge in [0.1, 0.15) is 4.90 Å². The van der Waals surface area contributed by atoms with Crippen molar-refractivity contribution < 1.29 is 18.3 Å². The zero-order valence-electron chi connectivity index (χ0n) is 9.27. The molecule has 1 heterocycles. The molecule has 0 radical (unpaired) electrons. The number of aromatic hydroxyl groups is 1. The lowest BCUT2D eigenvalue weighted by Gasteiger charge is -2.26. The molecule has 0 saturated carbocycles. The molecule has 1 aliphatic rings. The van der Waals surface area contributed by atoms with Gasteiger partial charge in [-0.05, 0) is 12.1 Å². The average molecular weight is 312 g/mol. The molecule has 18 heavy (non-hydrogen) atoms. The second-order valence-electron chi connectivity index (χ2n) is 3.75. The zero-order valence-corrected chi connectivity index (χ0v) is 11.6. The standard InChI is InChI=1S/C10H11Cl2NO4S/c11-7-5-8(12)10(14)9(6-7)18(15,16)13-1-3-17-4-2-13/h5-6,14H,1-4H2. The third-order valence-electron chi connectivity index (χ3n) is 2.58. The van der Waals surface area contributed by atoms with E-state index in [-0.39, 0.29) is 28.0 Å². The molecule has 100 valence electrons. The maximum atomic E-state index is 12.3. The maximum absolute atomic E-state index is 12.3. The lowest BCUT2D eigenvalue weighted by molar-refractivity contribution is 0.0729. The predicted molar refractivity (Wildman–Crippen MR) is 67.7 cm³/mol. The molecule has 0 bridgehead atoms. The summed E-state index contributed by atoms with van der Waals surface area (Å²) in [6, 6.07) is 2.48. The Balaban J connectivity index is 2.46. The van der Waals surface area contributed by atoms with Crippen molar-refractivity contribution in [3.05, 3.63) is 22.2 Å². The van der Waals surface area contributed by atoms with Crippen LogP contribution in [0, 0.1) is 0 Å². The van der Waals surface area contributed by atoms with E-state index in [1.165, 1.54) is 16.4 Å². The van der Waals surface area contributed by atoms with E-state index in [2.05, 4.69) is 0 Å². The average Bonchev–Trinajstić information content (AvgIpc) is 2.34. The number of hydrogen-bond acceptors (Lipinski definition) is 4. The van der Waals surface area contributed by atoms with Crippen molar-refractivity contribution in [1.82, 2.24) is 4.31 Å². The van der Waals surface area contributed by atoms with Gasteiger partial charge in [-0.25, -0.2) is 8.42 Å². The van der Waals surface area contributed by atoms with Crippen LogP contribution in [-0.4, -0.2) is 44.1 Å². The Morgan fingerprint density at radius 1 is 1.22 bits per heavy atom. The summed E-state index contributed by atoms with van der Waals surface area (Å²) in [7, 11) is -3.80. The van der Waals surface area contributed by atoms with Gasteiger partial charge in [0.2, 0.25) is 10.0 Å². The first-order chi connectivity index (χ1) is 8.43. The van der Waals surface area contributed by atoms with E-state index in [0.29, 0.717) is 13.2 Å². The Morgan fingerprint density at radius 2 is 1.83 bits per heavy atom. The van der Waals surface area contributed by atoms with Crippen LogP contribution in [0.1, 0.15) is 0 Å². The summed E-state index contributed by atoms with van der Waals surface area (Å²) < 4.78 is 30.9. The van der Waals surface area contributed by atoms with Crippen molar-refractivity contribution in [2.45, 2.75) is 4.90 Å². The highest BCUT2D eigenvalue weighted by molar-refractivity contribution is 7.89. The van der Waals surface area contributed by atoms with Gasteiger partial charge >= 0.3 is 0 Å². The van der Waals surface area contributed by atoms with Crippen LogP contribution in [0.25, 0.3) is 0 Å². The Kier molecular flexibility index (Phi) is 4.03. The van der Waals surface area contributed by atoms with Gasteiger partial charge in [0.05, 0.1) is 18.2 Å². The minimum Gasteiger partial charge on any atom is -0.505 e. The molecule has 8 heteroatoms. The number of morpholine rings is 1. The SMILES string of the molecule is O=S(=O)(c1cc(Cl)cc(Cl)c1O)N1CCOCC1. The molecule has 0 unspecified atom stereocenters. The topological polar surface area (TPSA) is 66.8 Å². The molecule has 1 N–H and O–H groups in total. The van der Waals surface area contributed by atoms with Gasteiger partial charge < -0.3 is 9.84 Å². The minimum absolute atomic E-state index is 0.0886. The van der Waals surface area contributed by atoms with Gasteiger partial charge in [-0.3, -0.25) is 0 Å². The van der Waals surface area contributed by atoms with Gasteiger partial charge in [0.15, 0.2) is 5.75 Å². The molecule has 0 spiro atoms. The van der Waals surface area contributed by atoms with Gasteiger partial charge in [-0.15, -0.1) is 0 Å². The summed E-state index contributed by atoms with van der Waals surface area (Å²) in [4.78, 5) is -0.276. The highest BCUT2D eigenvalue weighted by Gasteiger charge is 2.30. The summed E-state index contributed by atoms with van der Waals surface area (Å²) in [6.07, 6.45) is 0. The van der Waals surface area contributed by atoms with E-state index in [0.717, 1.165) is 0 Å². The van der Waals surface area contributed by atoms with Gasteiger partial charge in [0, 0.05) is 18.1 Å². The zero-order chi connectivity index (χ0) is 13.3. The van der Waals surface area contributed by atoms with Crippen molar-refractivity contribution in [3.63, 3.8) is 0 Å². The van der Waals surface area contributed by atoms with Crippen LogP contribution in [0.3, 0.4) is 0 Å². The van der Waals surface area contributed by atoms with Crippen LogP contribution in [0.4, 0.5) is 0 Å². The molecule has 0 amide bonds. The lowest BCUT2D eigenvalue weighted by Crippen LogP contribution is -2.40. The number of halogens is 2. The van der Waals surface area contributed by atoms with E-state index in [1.807, 2.05) is 0 Å². The molecule has 1 fully saturated rings. The van der Waals surface area contributed by atoms with E-state index in [4.69, 9.17) is 27.9 Å². The number of hydrogen-bond donors (Lipinski definition) is 1. The highest BCUT2D eigenvalue weighted by Crippen LogP contribution is 2.35. The molecule has 0 aliphatic carbocycles. The first kappa shape index (κ1) is 13.9. The van der Waals surface area contributed by atoms with Crippen molar-refractivity contribution in [2.24, 2.45) is 0 Å². The van der Waals surface area contributed by atoms with E-state index >= 15 is 0 Å². The monoisotopic (exact) mass is 311 g/mol. The molecule has 0 atom stereocenters.